The minimum absolute atomic E-state index is 0.288. The van der Waals surface area contributed by atoms with Crippen LogP contribution in [0.25, 0.3) is 0 Å². The number of carbonyl (C=O) groups excluding carboxylic acids is 1. The molecule has 3 nitrogen and oxygen atoms in total. The highest BCUT2D eigenvalue weighted by Gasteiger charge is 2.38. The van der Waals surface area contributed by atoms with Crippen molar-refractivity contribution in [1.29, 1.82) is 0 Å². The molecule has 0 radical (unpaired) electrons. The Hall–Kier alpha value is -0.870. The van der Waals surface area contributed by atoms with E-state index in [9.17, 15) is 4.79 Å². The van der Waals surface area contributed by atoms with Crippen LogP contribution < -0.4 is 5.32 Å². The maximum Gasteiger partial charge on any atom is 0.254 e. The molecule has 1 spiro atoms. The standard InChI is InChI=1S/C20H30N2OS/c23-19(17-13-18(24-14-17)16-5-10-21-11-6-16)22-12-4-9-20(15-22)7-2-1-3-8-20/h13-14,16,21H,1-12,15H2. The van der Waals surface area contributed by atoms with Gasteiger partial charge in [-0.05, 0) is 69.0 Å². The van der Waals surface area contributed by atoms with Crippen LogP contribution in [0.4, 0.5) is 0 Å². The summed E-state index contributed by atoms with van der Waals surface area (Å²) >= 11 is 1.80. The third-order valence-corrected chi connectivity index (χ3v) is 7.57. The first-order valence-corrected chi connectivity index (χ1v) is 10.7. The van der Waals surface area contributed by atoms with E-state index in [1.165, 1.54) is 62.7 Å². The second-order valence-corrected chi connectivity index (χ2v) is 9.10. The van der Waals surface area contributed by atoms with Gasteiger partial charge in [0.15, 0.2) is 0 Å². The van der Waals surface area contributed by atoms with Crippen molar-refractivity contribution in [3.8, 4) is 0 Å². The molecule has 4 rings (SSSR count). The van der Waals surface area contributed by atoms with Crippen LogP contribution in [0, 0.1) is 5.41 Å². The Morgan fingerprint density at radius 2 is 1.88 bits per heavy atom. The van der Waals surface area contributed by atoms with Gasteiger partial charge in [0.1, 0.15) is 0 Å². The van der Waals surface area contributed by atoms with E-state index in [0.29, 0.717) is 11.3 Å². The highest BCUT2D eigenvalue weighted by atomic mass is 32.1. The minimum Gasteiger partial charge on any atom is -0.338 e. The fourth-order valence-corrected chi connectivity index (χ4v) is 6.11. The molecule has 3 heterocycles. The molecule has 0 atom stereocenters. The number of likely N-dealkylation sites (tertiary alicyclic amines) is 1. The van der Waals surface area contributed by atoms with E-state index < -0.39 is 0 Å². The van der Waals surface area contributed by atoms with Crippen LogP contribution in [0.5, 0.6) is 0 Å². The molecular formula is C20H30N2OS. The van der Waals surface area contributed by atoms with Gasteiger partial charge in [0.05, 0.1) is 5.56 Å². The zero-order chi connectivity index (χ0) is 16.4. The van der Waals surface area contributed by atoms with E-state index in [-0.39, 0.29) is 5.91 Å². The number of hydrogen-bond acceptors (Lipinski definition) is 3. The zero-order valence-corrected chi connectivity index (χ0v) is 15.5. The third-order valence-electron chi connectivity index (χ3n) is 6.47. The highest BCUT2D eigenvalue weighted by molar-refractivity contribution is 7.10. The van der Waals surface area contributed by atoms with Gasteiger partial charge in [-0.3, -0.25) is 4.79 Å². The predicted molar refractivity (Wildman–Crippen MR) is 99.8 cm³/mol. The fraction of sp³-hybridized carbons (Fsp3) is 0.750. The molecule has 2 aliphatic heterocycles. The summed E-state index contributed by atoms with van der Waals surface area (Å²) in [5.41, 5.74) is 1.39. The van der Waals surface area contributed by atoms with E-state index >= 15 is 0 Å². The van der Waals surface area contributed by atoms with Crippen LogP contribution >= 0.6 is 11.3 Å². The Morgan fingerprint density at radius 3 is 2.67 bits per heavy atom. The normalized spacial score (nSPS) is 25.1. The Labute approximate surface area is 149 Å². The Bertz CT molecular complexity index is 564. The molecule has 1 amide bonds. The summed E-state index contributed by atoms with van der Waals surface area (Å²) in [4.78, 5) is 16.6. The third kappa shape index (κ3) is 3.41. The summed E-state index contributed by atoms with van der Waals surface area (Å²) in [6.45, 7) is 4.18. The van der Waals surface area contributed by atoms with Crippen LogP contribution in [-0.4, -0.2) is 37.0 Å². The summed E-state index contributed by atoms with van der Waals surface area (Å²) in [5, 5.41) is 5.54. The molecule has 2 saturated heterocycles. The van der Waals surface area contributed by atoms with Crippen molar-refractivity contribution in [2.24, 2.45) is 5.41 Å². The van der Waals surface area contributed by atoms with Gasteiger partial charge in [-0.15, -0.1) is 11.3 Å². The molecule has 3 aliphatic rings. The molecule has 3 fully saturated rings. The van der Waals surface area contributed by atoms with Gasteiger partial charge in [-0.2, -0.15) is 0 Å². The second-order valence-electron chi connectivity index (χ2n) is 8.15. The van der Waals surface area contributed by atoms with Crippen molar-refractivity contribution in [2.45, 2.75) is 63.7 Å². The van der Waals surface area contributed by atoms with Crippen molar-refractivity contribution < 1.29 is 4.79 Å². The van der Waals surface area contributed by atoms with Crippen molar-refractivity contribution in [1.82, 2.24) is 10.2 Å². The first-order valence-electron chi connectivity index (χ1n) is 9.84. The van der Waals surface area contributed by atoms with Gasteiger partial charge in [0.25, 0.3) is 5.91 Å². The molecule has 4 heteroatoms. The molecular weight excluding hydrogens is 316 g/mol. The highest BCUT2D eigenvalue weighted by Crippen LogP contribution is 2.43. The molecule has 132 valence electrons. The average Bonchev–Trinajstić information content (AvgIpc) is 3.13. The number of nitrogens with one attached hydrogen (secondary N) is 1. The summed E-state index contributed by atoms with van der Waals surface area (Å²) in [6, 6.07) is 2.20. The lowest BCUT2D eigenvalue weighted by Gasteiger charge is -2.45. The quantitative estimate of drug-likeness (QED) is 0.861. The van der Waals surface area contributed by atoms with Gasteiger partial charge in [0.2, 0.25) is 0 Å². The van der Waals surface area contributed by atoms with E-state index in [2.05, 4.69) is 21.7 Å². The number of piperidine rings is 2. The lowest BCUT2D eigenvalue weighted by Crippen LogP contribution is -2.46. The lowest BCUT2D eigenvalue weighted by atomic mass is 9.69. The van der Waals surface area contributed by atoms with Crippen molar-refractivity contribution in [2.75, 3.05) is 26.2 Å². The smallest absolute Gasteiger partial charge is 0.254 e. The number of hydrogen-bond donors (Lipinski definition) is 1. The number of nitrogens with zero attached hydrogens (tertiary/aromatic N) is 1. The largest absolute Gasteiger partial charge is 0.338 e. The Kier molecular flexibility index (Phi) is 4.95. The number of rotatable bonds is 2. The monoisotopic (exact) mass is 346 g/mol. The predicted octanol–water partition coefficient (Wildman–Crippen LogP) is 4.40. The number of thiophene rings is 1. The van der Waals surface area contributed by atoms with E-state index in [1.807, 2.05) is 0 Å². The molecule has 1 saturated carbocycles. The maximum atomic E-state index is 13.0. The van der Waals surface area contributed by atoms with Crippen LogP contribution in [0.1, 0.15) is 78.9 Å². The van der Waals surface area contributed by atoms with Gasteiger partial charge in [0, 0.05) is 23.3 Å². The van der Waals surface area contributed by atoms with Gasteiger partial charge in [-0.25, -0.2) is 0 Å². The zero-order valence-electron chi connectivity index (χ0n) is 14.7. The van der Waals surface area contributed by atoms with Crippen LogP contribution in [0.15, 0.2) is 11.4 Å². The molecule has 0 aromatic carbocycles. The molecule has 1 aliphatic carbocycles. The van der Waals surface area contributed by atoms with Crippen LogP contribution in [0.3, 0.4) is 0 Å². The van der Waals surface area contributed by atoms with Crippen LogP contribution in [-0.2, 0) is 0 Å². The molecule has 0 unspecified atom stereocenters. The summed E-state index contributed by atoms with van der Waals surface area (Å²) in [7, 11) is 0. The summed E-state index contributed by atoms with van der Waals surface area (Å²) in [6.07, 6.45) is 11.7. The fourth-order valence-electron chi connectivity index (χ4n) is 5.06. The second kappa shape index (κ2) is 7.17. The molecule has 0 bridgehead atoms. The first kappa shape index (κ1) is 16.6. The SMILES string of the molecule is O=C(c1csc(C2CCNCC2)c1)N1CCCC2(CCCCC2)C1. The van der Waals surface area contributed by atoms with E-state index in [0.717, 1.165) is 31.7 Å². The number of carbonyl (C=O) groups is 1. The van der Waals surface area contributed by atoms with Gasteiger partial charge in [-0.1, -0.05) is 19.3 Å². The van der Waals surface area contributed by atoms with Crippen molar-refractivity contribution in [3.63, 3.8) is 0 Å². The topological polar surface area (TPSA) is 32.3 Å². The molecule has 1 aromatic heterocycles. The Balaban J connectivity index is 1.44. The summed E-state index contributed by atoms with van der Waals surface area (Å²) in [5.74, 6) is 0.944. The van der Waals surface area contributed by atoms with Gasteiger partial charge >= 0.3 is 0 Å². The van der Waals surface area contributed by atoms with E-state index in [4.69, 9.17) is 0 Å². The van der Waals surface area contributed by atoms with Gasteiger partial charge < -0.3 is 10.2 Å². The first-order chi connectivity index (χ1) is 11.8. The molecule has 1 aromatic rings. The lowest BCUT2D eigenvalue weighted by molar-refractivity contribution is 0.0384. The minimum atomic E-state index is 0.288. The van der Waals surface area contributed by atoms with Crippen LogP contribution in [0.2, 0.25) is 0 Å². The molecule has 1 N–H and O–H groups in total. The maximum absolute atomic E-state index is 13.0. The number of amides is 1. The van der Waals surface area contributed by atoms with Crippen molar-refractivity contribution in [3.05, 3.63) is 21.9 Å². The summed E-state index contributed by atoms with van der Waals surface area (Å²) < 4.78 is 0. The molecule has 24 heavy (non-hydrogen) atoms. The van der Waals surface area contributed by atoms with E-state index in [1.54, 1.807) is 11.3 Å². The van der Waals surface area contributed by atoms with Crippen molar-refractivity contribution >= 4 is 17.2 Å². The average molecular weight is 347 g/mol. The Morgan fingerprint density at radius 1 is 1.12 bits per heavy atom.